The van der Waals surface area contributed by atoms with Crippen molar-refractivity contribution in [1.82, 2.24) is 5.16 Å². The first-order chi connectivity index (χ1) is 12.8. The standard InChI is InChI=1S/C18H12F3N3O3/c1-9-8-14(24-27-9)23-18(26)11-4-2-10(3-5-11)17(25)22-13-7-6-12(19)15(20)16(13)21/h2-8H,1H3,(H,22,25)(H,23,24,26). The maximum absolute atomic E-state index is 13.6. The molecule has 0 atom stereocenters. The topological polar surface area (TPSA) is 84.2 Å². The Morgan fingerprint density at radius 3 is 2.04 bits per heavy atom. The second kappa shape index (κ2) is 7.32. The smallest absolute Gasteiger partial charge is 0.256 e. The van der Waals surface area contributed by atoms with Crippen LogP contribution in [0.25, 0.3) is 0 Å². The van der Waals surface area contributed by atoms with Crippen molar-refractivity contribution in [1.29, 1.82) is 0 Å². The Morgan fingerprint density at radius 1 is 0.889 bits per heavy atom. The molecule has 0 saturated carbocycles. The van der Waals surface area contributed by atoms with Gasteiger partial charge in [-0.05, 0) is 43.3 Å². The van der Waals surface area contributed by atoms with E-state index in [0.29, 0.717) is 11.8 Å². The highest BCUT2D eigenvalue weighted by Crippen LogP contribution is 2.20. The molecule has 2 N–H and O–H groups in total. The van der Waals surface area contributed by atoms with Gasteiger partial charge in [-0.1, -0.05) is 5.16 Å². The number of aryl methyl sites for hydroxylation is 1. The third-order valence-corrected chi connectivity index (χ3v) is 3.56. The molecule has 0 fully saturated rings. The van der Waals surface area contributed by atoms with Crippen molar-refractivity contribution in [2.45, 2.75) is 6.92 Å². The summed E-state index contributed by atoms with van der Waals surface area (Å²) in [5.74, 6) is -4.98. The third kappa shape index (κ3) is 3.97. The van der Waals surface area contributed by atoms with Crippen LogP contribution in [0.4, 0.5) is 24.7 Å². The Morgan fingerprint density at radius 2 is 1.48 bits per heavy atom. The van der Waals surface area contributed by atoms with Gasteiger partial charge < -0.3 is 15.2 Å². The zero-order chi connectivity index (χ0) is 19.6. The molecule has 1 aromatic heterocycles. The number of amides is 2. The van der Waals surface area contributed by atoms with Crippen LogP contribution in [0.2, 0.25) is 0 Å². The molecule has 27 heavy (non-hydrogen) atoms. The van der Waals surface area contributed by atoms with Gasteiger partial charge in [-0.15, -0.1) is 0 Å². The molecule has 9 heteroatoms. The molecule has 0 unspecified atom stereocenters. The van der Waals surface area contributed by atoms with Crippen molar-refractivity contribution in [3.05, 3.63) is 76.8 Å². The highest BCUT2D eigenvalue weighted by Gasteiger charge is 2.16. The van der Waals surface area contributed by atoms with E-state index in [2.05, 4.69) is 15.8 Å². The van der Waals surface area contributed by atoms with Gasteiger partial charge in [0.2, 0.25) is 0 Å². The molecule has 3 aromatic rings. The van der Waals surface area contributed by atoms with E-state index in [4.69, 9.17) is 4.52 Å². The fraction of sp³-hybridized carbons (Fsp3) is 0.0556. The molecule has 138 valence electrons. The number of rotatable bonds is 4. The zero-order valence-electron chi connectivity index (χ0n) is 13.8. The van der Waals surface area contributed by atoms with Crippen LogP contribution in [0.15, 0.2) is 47.0 Å². The van der Waals surface area contributed by atoms with E-state index in [0.717, 1.165) is 6.07 Å². The molecule has 2 amide bonds. The van der Waals surface area contributed by atoms with Crippen LogP contribution in [0.1, 0.15) is 26.5 Å². The Kier molecular flexibility index (Phi) is 4.93. The second-order valence-corrected chi connectivity index (χ2v) is 5.53. The number of nitrogens with zero attached hydrogens (tertiary/aromatic N) is 1. The van der Waals surface area contributed by atoms with Crippen molar-refractivity contribution < 1.29 is 27.3 Å². The summed E-state index contributed by atoms with van der Waals surface area (Å²) in [5.41, 5.74) is -0.165. The highest BCUT2D eigenvalue weighted by atomic mass is 19.2. The number of hydrogen-bond donors (Lipinski definition) is 2. The Labute approximate surface area is 151 Å². The number of carbonyl (C=O) groups excluding carboxylic acids is 2. The monoisotopic (exact) mass is 375 g/mol. The summed E-state index contributed by atoms with van der Waals surface area (Å²) in [6.07, 6.45) is 0. The summed E-state index contributed by atoms with van der Waals surface area (Å²) in [7, 11) is 0. The minimum atomic E-state index is -1.68. The first-order valence-electron chi connectivity index (χ1n) is 7.64. The third-order valence-electron chi connectivity index (χ3n) is 3.56. The minimum Gasteiger partial charge on any atom is -0.360 e. The van der Waals surface area contributed by atoms with E-state index in [9.17, 15) is 22.8 Å². The largest absolute Gasteiger partial charge is 0.360 e. The molecular formula is C18H12F3N3O3. The summed E-state index contributed by atoms with van der Waals surface area (Å²) in [6, 6.07) is 8.56. The van der Waals surface area contributed by atoms with Gasteiger partial charge in [0.1, 0.15) is 5.76 Å². The lowest BCUT2D eigenvalue weighted by molar-refractivity contribution is 0.101. The van der Waals surface area contributed by atoms with Crippen molar-refractivity contribution in [2.75, 3.05) is 10.6 Å². The Balaban J connectivity index is 1.70. The predicted octanol–water partition coefficient (Wildman–Crippen LogP) is 3.90. The van der Waals surface area contributed by atoms with E-state index in [1.165, 1.54) is 30.3 Å². The minimum absolute atomic E-state index is 0.0907. The summed E-state index contributed by atoms with van der Waals surface area (Å²) < 4.78 is 44.6. The molecular weight excluding hydrogens is 363 g/mol. The molecule has 0 bridgehead atoms. The maximum Gasteiger partial charge on any atom is 0.256 e. The lowest BCUT2D eigenvalue weighted by Crippen LogP contribution is -2.15. The highest BCUT2D eigenvalue weighted by molar-refractivity contribution is 6.07. The summed E-state index contributed by atoms with van der Waals surface area (Å²) in [5, 5.41) is 8.29. The molecule has 6 nitrogen and oxygen atoms in total. The molecule has 1 heterocycles. The fourth-order valence-electron chi connectivity index (χ4n) is 2.20. The molecule has 3 rings (SSSR count). The van der Waals surface area contributed by atoms with Crippen LogP contribution >= 0.6 is 0 Å². The van der Waals surface area contributed by atoms with E-state index in [-0.39, 0.29) is 16.9 Å². The number of hydrogen-bond acceptors (Lipinski definition) is 4. The molecule has 0 radical (unpaired) electrons. The molecule has 0 saturated heterocycles. The van der Waals surface area contributed by atoms with Crippen molar-refractivity contribution in [3.63, 3.8) is 0 Å². The van der Waals surface area contributed by atoms with Crippen LogP contribution < -0.4 is 10.6 Å². The van der Waals surface area contributed by atoms with Gasteiger partial charge in [0.05, 0.1) is 5.69 Å². The van der Waals surface area contributed by atoms with Gasteiger partial charge in [0.25, 0.3) is 11.8 Å². The van der Waals surface area contributed by atoms with Crippen LogP contribution in [0, 0.1) is 24.4 Å². The van der Waals surface area contributed by atoms with E-state index in [1.54, 1.807) is 6.92 Å². The second-order valence-electron chi connectivity index (χ2n) is 5.53. The molecule has 0 aliphatic rings. The molecule has 0 aliphatic carbocycles. The van der Waals surface area contributed by atoms with Crippen molar-refractivity contribution >= 4 is 23.3 Å². The number of nitrogens with one attached hydrogen (secondary N) is 2. The van der Waals surface area contributed by atoms with E-state index >= 15 is 0 Å². The number of benzene rings is 2. The number of halogens is 3. The summed E-state index contributed by atoms with van der Waals surface area (Å²) >= 11 is 0. The zero-order valence-corrected chi connectivity index (χ0v) is 13.8. The van der Waals surface area contributed by atoms with Crippen LogP contribution in [0.5, 0.6) is 0 Å². The van der Waals surface area contributed by atoms with E-state index in [1.807, 2.05) is 0 Å². The molecule has 2 aromatic carbocycles. The van der Waals surface area contributed by atoms with Crippen molar-refractivity contribution in [3.8, 4) is 0 Å². The number of aromatic nitrogens is 1. The average Bonchev–Trinajstić information content (AvgIpc) is 3.07. The van der Waals surface area contributed by atoms with Gasteiger partial charge in [-0.2, -0.15) is 0 Å². The van der Waals surface area contributed by atoms with Gasteiger partial charge >= 0.3 is 0 Å². The van der Waals surface area contributed by atoms with Gasteiger partial charge in [-0.3, -0.25) is 9.59 Å². The summed E-state index contributed by atoms with van der Waals surface area (Å²) in [4.78, 5) is 24.2. The summed E-state index contributed by atoms with van der Waals surface area (Å²) in [6.45, 7) is 1.67. The van der Waals surface area contributed by atoms with Crippen LogP contribution in [-0.4, -0.2) is 17.0 Å². The quantitative estimate of drug-likeness (QED) is 0.678. The molecule has 0 spiro atoms. The SMILES string of the molecule is Cc1cc(NC(=O)c2ccc(C(=O)Nc3ccc(F)c(F)c3F)cc2)no1. The molecule has 0 aliphatic heterocycles. The fourth-order valence-corrected chi connectivity index (χ4v) is 2.20. The number of carbonyl (C=O) groups is 2. The lowest BCUT2D eigenvalue weighted by atomic mass is 10.1. The Hall–Kier alpha value is -3.62. The van der Waals surface area contributed by atoms with Gasteiger partial charge in [0, 0.05) is 17.2 Å². The maximum atomic E-state index is 13.6. The lowest BCUT2D eigenvalue weighted by Gasteiger charge is -2.08. The normalized spacial score (nSPS) is 10.5. The number of anilines is 2. The van der Waals surface area contributed by atoms with Crippen molar-refractivity contribution in [2.24, 2.45) is 0 Å². The predicted molar refractivity (Wildman–Crippen MR) is 89.9 cm³/mol. The van der Waals surface area contributed by atoms with Gasteiger partial charge in [-0.25, -0.2) is 13.2 Å². The van der Waals surface area contributed by atoms with Crippen LogP contribution in [-0.2, 0) is 0 Å². The first kappa shape index (κ1) is 18.2. The van der Waals surface area contributed by atoms with E-state index < -0.39 is 35.0 Å². The average molecular weight is 375 g/mol. The Bertz CT molecular complexity index is 1020. The first-order valence-corrected chi connectivity index (χ1v) is 7.64. The van der Waals surface area contributed by atoms with Gasteiger partial charge in [0.15, 0.2) is 23.3 Å². The van der Waals surface area contributed by atoms with Crippen LogP contribution in [0.3, 0.4) is 0 Å².